The van der Waals surface area contributed by atoms with E-state index in [9.17, 15) is 24.3 Å². The Hall–Kier alpha value is -3.44. The van der Waals surface area contributed by atoms with E-state index in [1.165, 1.54) is 23.6 Å². The summed E-state index contributed by atoms with van der Waals surface area (Å²) in [5, 5.41) is 10.6. The molecule has 0 bridgehead atoms. The summed E-state index contributed by atoms with van der Waals surface area (Å²) >= 11 is 4.72. The Labute approximate surface area is 270 Å². The molecular weight excluding hydrogens is 648 g/mol. The quantitative estimate of drug-likeness (QED) is 0.163. The van der Waals surface area contributed by atoms with E-state index in [1.54, 1.807) is 30.5 Å². The second kappa shape index (κ2) is 12.9. The highest BCUT2D eigenvalue weighted by atomic mass is 79.9. The molecule has 2 aromatic carbocycles. The summed E-state index contributed by atoms with van der Waals surface area (Å²) in [5.41, 5.74) is 2.43. The highest BCUT2D eigenvalue weighted by Crippen LogP contribution is 2.43. The lowest BCUT2D eigenvalue weighted by Crippen LogP contribution is -2.64. The number of carbonyl (C=O) groups excluding carboxylic acids is 4. The van der Waals surface area contributed by atoms with Gasteiger partial charge in [0.25, 0.3) is 5.91 Å². The molecule has 0 saturated carbocycles. The number of ketones is 1. The van der Waals surface area contributed by atoms with Gasteiger partial charge in [-0.3, -0.25) is 24.3 Å². The fraction of sp³-hybridized carbons (Fsp3) is 0.424. The van der Waals surface area contributed by atoms with Crippen molar-refractivity contribution >= 4 is 57.5 Å². The number of β-lactam (4-membered cyclic amide) rings is 1. The summed E-state index contributed by atoms with van der Waals surface area (Å²) in [6.07, 6.45) is 1.64. The SMILES string of the molecule is CC(=O)OCC1=C(C(=O)OCC(=O)c2ccc(Br)cc2)N2C(=O)[C@@H](N=Cc3cc(C(C)(C)C)c(O)c(C(C)(C)C)c3)[C@H]2SC1. The van der Waals surface area contributed by atoms with Crippen LogP contribution >= 0.6 is 27.7 Å². The Kier molecular flexibility index (Phi) is 9.80. The van der Waals surface area contributed by atoms with Crippen molar-refractivity contribution in [3.63, 3.8) is 0 Å². The van der Waals surface area contributed by atoms with Gasteiger partial charge in [-0.15, -0.1) is 11.8 Å². The Morgan fingerprint density at radius 3 is 2.18 bits per heavy atom. The van der Waals surface area contributed by atoms with Gasteiger partial charge < -0.3 is 14.6 Å². The summed E-state index contributed by atoms with van der Waals surface area (Å²) in [6.45, 7) is 12.7. The molecule has 9 nitrogen and oxygen atoms in total. The predicted octanol–water partition coefficient (Wildman–Crippen LogP) is 5.70. The van der Waals surface area contributed by atoms with Crippen LogP contribution in [0.4, 0.5) is 0 Å². The molecule has 2 aromatic rings. The Morgan fingerprint density at radius 2 is 1.64 bits per heavy atom. The van der Waals surface area contributed by atoms with Gasteiger partial charge in [-0.05, 0) is 40.7 Å². The van der Waals surface area contributed by atoms with E-state index < -0.39 is 41.7 Å². The highest BCUT2D eigenvalue weighted by molar-refractivity contribution is 9.10. The molecule has 2 aliphatic heterocycles. The largest absolute Gasteiger partial charge is 0.507 e. The molecular formula is C33H37BrN2O7S. The van der Waals surface area contributed by atoms with Gasteiger partial charge in [0.1, 0.15) is 23.4 Å². The van der Waals surface area contributed by atoms with Gasteiger partial charge in [-0.1, -0.05) is 69.6 Å². The number of nitrogens with zero attached hydrogens (tertiary/aromatic N) is 2. The zero-order valence-corrected chi connectivity index (χ0v) is 28.3. The molecule has 0 unspecified atom stereocenters. The zero-order chi connectivity index (χ0) is 32.6. The van der Waals surface area contributed by atoms with Crippen molar-refractivity contribution in [1.29, 1.82) is 0 Å². The number of esters is 2. The third kappa shape index (κ3) is 7.26. The molecule has 1 fully saturated rings. The van der Waals surface area contributed by atoms with Crippen molar-refractivity contribution in [3.05, 3.63) is 74.4 Å². The fourth-order valence-corrected chi connectivity index (χ4v) is 6.50. The number of aliphatic imine (C=N–C) groups is 1. The number of ether oxygens (including phenoxy) is 2. The first kappa shape index (κ1) is 33.5. The minimum absolute atomic E-state index is 0.0234. The normalized spacial score (nSPS) is 18.6. The smallest absolute Gasteiger partial charge is 0.355 e. The Balaban J connectivity index is 1.58. The van der Waals surface area contributed by atoms with Crippen LogP contribution in [0.2, 0.25) is 0 Å². The number of carbonyl (C=O) groups is 4. The molecule has 1 amide bonds. The number of phenols is 1. The Bertz CT molecular complexity index is 1520. The van der Waals surface area contributed by atoms with Gasteiger partial charge >= 0.3 is 11.9 Å². The van der Waals surface area contributed by atoms with Crippen LogP contribution < -0.4 is 0 Å². The average Bonchev–Trinajstić information content (AvgIpc) is 2.93. The minimum atomic E-state index is -0.845. The van der Waals surface area contributed by atoms with Crippen molar-refractivity contribution in [2.24, 2.45) is 4.99 Å². The number of fused-ring (bicyclic) bond motifs is 1. The third-order valence-electron chi connectivity index (χ3n) is 7.30. The number of hydrogen-bond acceptors (Lipinski definition) is 9. The van der Waals surface area contributed by atoms with Crippen molar-refractivity contribution in [2.75, 3.05) is 19.0 Å². The molecule has 1 N–H and O–H groups in total. The van der Waals surface area contributed by atoms with Gasteiger partial charge in [-0.2, -0.15) is 0 Å². The summed E-state index contributed by atoms with van der Waals surface area (Å²) in [6, 6.07) is 9.66. The van der Waals surface area contributed by atoms with Gasteiger partial charge in [0.15, 0.2) is 18.4 Å². The van der Waals surface area contributed by atoms with Crippen LogP contribution in [-0.2, 0) is 34.7 Å². The maximum atomic E-state index is 13.5. The van der Waals surface area contributed by atoms with Crippen LogP contribution in [0.25, 0.3) is 0 Å². The summed E-state index contributed by atoms with van der Waals surface area (Å²) < 4.78 is 11.3. The maximum absolute atomic E-state index is 13.5. The molecule has 44 heavy (non-hydrogen) atoms. The van der Waals surface area contributed by atoms with Crippen LogP contribution in [0.1, 0.15) is 75.5 Å². The second-order valence-corrected chi connectivity index (χ2v) is 14.9. The number of halogens is 1. The van der Waals surface area contributed by atoms with Gasteiger partial charge in [0, 0.05) is 45.6 Å². The molecule has 4 rings (SSSR count). The van der Waals surface area contributed by atoms with Crippen molar-refractivity contribution in [3.8, 4) is 5.75 Å². The monoisotopic (exact) mass is 684 g/mol. The van der Waals surface area contributed by atoms with Crippen molar-refractivity contribution in [2.45, 2.75) is 70.7 Å². The fourth-order valence-electron chi connectivity index (χ4n) is 4.92. The number of rotatable bonds is 8. The van der Waals surface area contributed by atoms with E-state index in [-0.39, 0.29) is 28.9 Å². The summed E-state index contributed by atoms with van der Waals surface area (Å²) in [7, 11) is 0. The summed E-state index contributed by atoms with van der Waals surface area (Å²) in [5.74, 6) is -1.62. The highest BCUT2D eigenvalue weighted by Gasteiger charge is 2.54. The first-order chi connectivity index (χ1) is 20.5. The van der Waals surface area contributed by atoms with Gasteiger partial charge in [0.05, 0.1) is 0 Å². The van der Waals surface area contributed by atoms with Crippen LogP contribution in [-0.4, -0.2) is 70.2 Å². The van der Waals surface area contributed by atoms with Crippen molar-refractivity contribution in [1.82, 2.24) is 4.90 Å². The zero-order valence-electron chi connectivity index (χ0n) is 25.9. The number of thioether (sulfide) groups is 1. The van der Waals surface area contributed by atoms with Crippen LogP contribution in [0, 0.1) is 0 Å². The predicted molar refractivity (Wildman–Crippen MR) is 173 cm³/mol. The summed E-state index contributed by atoms with van der Waals surface area (Å²) in [4.78, 5) is 56.9. The topological polar surface area (TPSA) is 123 Å². The van der Waals surface area contributed by atoms with E-state index in [4.69, 9.17) is 9.47 Å². The van der Waals surface area contributed by atoms with E-state index in [2.05, 4.69) is 20.9 Å². The third-order valence-corrected chi connectivity index (χ3v) is 9.15. The van der Waals surface area contributed by atoms with Crippen LogP contribution in [0.3, 0.4) is 0 Å². The molecule has 234 valence electrons. The van der Waals surface area contributed by atoms with Gasteiger partial charge in [-0.25, -0.2) is 4.79 Å². The number of benzene rings is 2. The first-order valence-electron chi connectivity index (χ1n) is 14.2. The number of hydrogen-bond donors (Lipinski definition) is 1. The lowest BCUT2D eigenvalue weighted by Gasteiger charge is -2.48. The van der Waals surface area contributed by atoms with Crippen LogP contribution in [0.15, 0.2) is 57.1 Å². The number of amides is 1. The Morgan fingerprint density at radius 1 is 1.05 bits per heavy atom. The number of Topliss-reactive ketones (excluding diaryl/α,β-unsaturated/α-hetero) is 1. The lowest BCUT2D eigenvalue weighted by atomic mass is 9.78. The van der Waals surface area contributed by atoms with E-state index in [1.807, 2.05) is 53.7 Å². The molecule has 2 heterocycles. The minimum Gasteiger partial charge on any atom is -0.507 e. The lowest BCUT2D eigenvalue weighted by molar-refractivity contribution is -0.150. The maximum Gasteiger partial charge on any atom is 0.355 e. The van der Waals surface area contributed by atoms with Crippen LogP contribution in [0.5, 0.6) is 5.75 Å². The van der Waals surface area contributed by atoms with E-state index in [0.29, 0.717) is 16.9 Å². The molecule has 0 radical (unpaired) electrons. The molecule has 1 saturated heterocycles. The van der Waals surface area contributed by atoms with E-state index in [0.717, 1.165) is 21.2 Å². The first-order valence-corrected chi connectivity index (χ1v) is 16.0. The van der Waals surface area contributed by atoms with Gasteiger partial charge in [0.2, 0.25) is 0 Å². The molecule has 0 aromatic heterocycles. The number of aromatic hydroxyl groups is 1. The standard InChI is InChI=1S/C33H37BrN2O7S/c1-18(37)42-15-21-17-44-30-26(35-14-19-12-23(32(2,3)4)28(39)24(13-19)33(5,6)7)29(40)36(30)27(21)31(41)43-16-25(38)20-8-10-22(34)11-9-20/h8-14,26,30,39H,15-17H2,1-7H3/t26-,30-/m1/s1. The second-order valence-electron chi connectivity index (χ2n) is 12.8. The van der Waals surface area contributed by atoms with E-state index >= 15 is 0 Å². The molecule has 11 heteroatoms. The average molecular weight is 686 g/mol. The molecule has 0 aliphatic carbocycles. The molecule has 0 spiro atoms. The number of phenolic OH excluding ortho intramolecular Hbond substituents is 1. The van der Waals surface area contributed by atoms with Crippen molar-refractivity contribution < 1.29 is 33.8 Å². The molecule has 2 atom stereocenters. The molecule has 2 aliphatic rings.